The molecule has 0 aromatic rings. The van der Waals surface area contributed by atoms with Crippen molar-refractivity contribution >= 4 is 10.0 Å². The minimum absolute atomic E-state index is 0.634. The molecule has 0 spiro atoms. The fourth-order valence-electron chi connectivity index (χ4n) is 1.35. The second-order valence-electron chi connectivity index (χ2n) is 3.32. The van der Waals surface area contributed by atoms with Gasteiger partial charge in [-0.05, 0) is 20.0 Å². The summed E-state index contributed by atoms with van der Waals surface area (Å²) in [5.74, 6) is 0. The van der Waals surface area contributed by atoms with Crippen LogP contribution in [0.1, 0.15) is 6.42 Å². The predicted octanol–water partition coefficient (Wildman–Crippen LogP) is -0.416. The molecule has 0 bridgehead atoms. The third-order valence-corrected chi connectivity index (χ3v) is 3.45. The van der Waals surface area contributed by atoms with Gasteiger partial charge in [-0.25, -0.2) is 12.7 Å². The van der Waals surface area contributed by atoms with Gasteiger partial charge in [0.2, 0.25) is 10.0 Å². The van der Waals surface area contributed by atoms with Crippen molar-refractivity contribution in [2.24, 2.45) is 0 Å². The van der Waals surface area contributed by atoms with Crippen molar-refractivity contribution in [2.75, 3.05) is 39.5 Å². The Labute approximate surface area is 74.2 Å². The van der Waals surface area contributed by atoms with Crippen LogP contribution in [0, 0.1) is 0 Å². The average molecular weight is 192 g/mol. The van der Waals surface area contributed by atoms with E-state index in [4.69, 9.17) is 0 Å². The molecule has 4 nitrogen and oxygen atoms in total. The molecule has 0 aliphatic carbocycles. The van der Waals surface area contributed by atoms with E-state index < -0.39 is 10.0 Å². The quantitative estimate of drug-likeness (QED) is 0.567. The summed E-state index contributed by atoms with van der Waals surface area (Å²) in [5.41, 5.74) is 0. The van der Waals surface area contributed by atoms with E-state index in [9.17, 15) is 8.42 Å². The predicted molar refractivity (Wildman–Crippen MR) is 48.5 cm³/mol. The SMILES string of the molecule is CN1CCCN(S(C)(=O)=O)CC1. The van der Waals surface area contributed by atoms with Crippen LogP contribution >= 0.6 is 0 Å². The highest BCUT2D eigenvalue weighted by molar-refractivity contribution is 7.88. The Hall–Kier alpha value is -0.130. The number of rotatable bonds is 1. The van der Waals surface area contributed by atoms with E-state index in [1.54, 1.807) is 4.31 Å². The van der Waals surface area contributed by atoms with Crippen LogP contribution in [0.15, 0.2) is 0 Å². The van der Waals surface area contributed by atoms with Crippen molar-refractivity contribution in [2.45, 2.75) is 6.42 Å². The first kappa shape index (κ1) is 9.95. The van der Waals surface area contributed by atoms with Gasteiger partial charge in [0.25, 0.3) is 0 Å². The molecule has 1 aliphatic rings. The second kappa shape index (κ2) is 3.72. The maximum atomic E-state index is 11.2. The van der Waals surface area contributed by atoms with Gasteiger partial charge < -0.3 is 4.90 Å². The fraction of sp³-hybridized carbons (Fsp3) is 1.00. The summed E-state index contributed by atoms with van der Waals surface area (Å²) in [6.07, 6.45) is 2.21. The molecule has 1 fully saturated rings. The van der Waals surface area contributed by atoms with Crippen molar-refractivity contribution in [3.63, 3.8) is 0 Å². The van der Waals surface area contributed by atoms with Gasteiger partial charge in [0.1, 0.15) is 0 Å². The van der Waals surface area contributed by atoms with E-state index in [1.807, 2.05) is 7.05 Å². The zero-order chi connectivity index (χ0) is 9.19. The Bertz CT molecular complexity index is 238. The maximum absolute atomic E-state index is 11.2. The van der Waals surface area contributed by atoms with Crippen molar-refractivity contribution in [1.82, 2.24) is 9.21 Å². The molecule has 5 heteroatoms. The number of hydrogen-bond acceptors (Lipinski definition) is 3. The Morgan fingerprint density at radius 1 is 1.08 bits per heavy atom. The highest BCUT2D eigenvalue weighted by Gasteiger charge is 2.19. The maximum Gasteiger partial charge on any atom is 0.211 e. The van der Waals surface area contributed by atoms with Gasteiger partial charge in [-0.3, -0.25) is 0 Å². The molecule has 1 heterocycles. The molecule has 12 heavy (non-hydrogen) atoms. The number of nitrogens with zero attached hydrogens (tertiary/aromatic N) is 2. The molecule has 72 valence electrons. The fourth-order valence-corrected chi connectivity index (χ4v) is 2.23. The third-order valence-electron chi connectivity index (χ3n) is 2.15. The highest BCUT2D eigenvalue weighted by Crippen LogP contribution is 2.04. The lowest BCUT2D eigenvalue weighted by molar-refractivity contribution is 0.347. The minimum Gasteiger partial charge on any atom is -0.305 e. The van der Waals surface area contributed by atoms with Gasteiger partial charge in [0.15, 0.2) is 0 Å². The molecule has 0 aromatic carbocycles. The van der Waals surface area contributed by atoms with Gasteiger partial charge in [0.05, 0.1) is 6.26 Å². The van der Waals surface area contributed by atoms with E-state index in [1.165, 1.54) is 6.26 Å². The Morgan fingerprint density at radius 2 is 1.75 bits per heavy atom. The van der Waals surface area contributed by atoms with Crippen LogP contribution in [0.25, 0.3) is 0 Å². The minimum atomic E-state index is -2.97. The third kappa shape index (κ3) is 2.73. The Kier molecular flexibility index (Phi) is 3.09. The zero-order valence-electron chi connectivity index (χ0n) is 7.65. The summed E-state index contributed by atoms with van der Waals surface area (Å²) in [6, 6.07) is 0. The van der Waals surface area contributed by atoms with Crippen LogP contribution in [0.3, 0.4) is 0 Å². The summed E-state index contributed by atoms with van der Waals surface area (Å²) >= 11 is 0. The van der Waals surface area contributed by atoms with Gasteiger partial charge in [0, 0.05) is 19.6 Å². The molecule has 1 saturated heterocycles. The standard InChI is InChI=1S/C7H16N2O2S/c1-8-4-3-5-9(7-6-8)12(2,10)11/h3-7H2,1-2H3. The number of likely N-dealkylation sites (N-methyl/N-ethyl adjacent to an activating group) is 1. The molecule has 0 aromatic heterocycles. The van der Waals surface area contributed by atoms with E-state index in [2.05, 4.69) is 4.90 Å². The summed E-state index contributed by atoms with van der Waals surface area (Å²) in [4.78, 5) is 2.16. The molecule has 0 atom stereocenters. The van der Waals surface area contributed by atoms with E-state index in [0.29, 0.717) is 13.1 Å². The first-order valence-electron chi connectivity index (χ1n) is 4.14. The van der Waals surface area contributed by atoms with E-state index in [-0.39, 0.29) is 0 Å². The van der Waals surface area contributed by atoms with Crippen LogP contribution in [-0.4, -0.2) is 57.1 Å². The zero-order valence-corrected chi connectivity index (χ0v) is 8.47. The second-order valence-corrected chi connectivity index (χ2v) is 5.30. The first-order chi connectivity index (χ1) is 5.50. The molecule has 0 radical (unpaired) electrons. The molecular weight excluding hydrogens is 176 g/mol. The summed E-state index contributed by atoms with van der Waals surface area (Å²) < 4.78 is 23.9. The molecule has 0 saturated carbocycles. The van der Waals surface area contributed by atoms with Crippen LogP contribution in [0.2, 0.25) is 0 Å². The molecule has 0 unspecified atom stereocenters. The van der Waals surface area contributed by atoms with Crippen LogP contribution in [-0.2, 0) is 10.0 Å². The summed E-state index contributed by atoms with van der Waals surface area (Å²) in [6.45, 7) is 3.14. The highest BCUT2D eigenvalue weighted by atomic mass is 32.2. The van der Waals surface area contributed by atoms with Crippen molar-refractivity contribution in [1.29, 1.82) is 0 Å². The van der Waals surface area contributed by atoms with Gasteiger partial charge >= 0.3 is 0 Å². The van der Waals surface area contributed by atoms with Crippen molar-refractivity contribution < 1.29 is 8.42 Å². The molecular formula is C7H16N2O2S. The smallest absolute Gasteiger partial charge is 0.211 e. The van der Waals surface area contributed by atoms with Crippen molar-refractivity contribution in [3.05, 3.63) is 0 Å². The molecule has 1 rings (SSSR count). The lowest BCUT2D eigenvalue weighted by atomic mass is 10.4. The summed E-state index contributed by atoms with van der Waals surface area (Å²) in [5, 5.41) is 0. The van der Waals surface area contributed by atoms with E-state index in [0.717, 1.165) is 19.5 Å². The lowest BCUT2D eigenvalue weighted by Gasteiger charge is -2.16. The number of hydrogen-bond donors (Lipinski definition) is 0. The monoisotopic (exact) mass is 192 g/mol. The van der Waals surface area contributed by atoms with E-state index >= 15 is 0 Å². The van der Waals surface area contributed by atoms with Crippen LogP contribution in [0.4, 0.5) is 0 Å². The van der Waals surface area contributed by atoms with Crippen LogP contribution < -0.4 is 0 Å². The van der Waals surface area contributed by atoms with Gasteiger partial charge in [-0.2, -0.15) is 0 Å². The van der Waals surface area contributed by atoms with Crippen LogP contribution in [0.5, 0.6) is 0 Å². The average Bonchev–Trinajstić information content (AvgIpc) is 2.11. The molecule has 1 aliphatic heterocycles. The normalized spacial score (nSPS) is 23.8. The Balaban J connectivity index is 2.58. The van der Waals surface area contributed by atoms with Crippen molar-refractivity contribution in [3.8, 4) is 0 Å². The number of sulfonamides is 1. The topological polar surface area (TPSA) is 40.6 Å². The van der Waals surface area contributed by atoms with Gasteiger partial charge in [-0.1, -0.05) is 0 Å². The Morgan fingerprint density at radius 3 is 2.33 bits per heavy atom. The molecule has 0 N–H and O–H groups in total. The first-order valence-corrected chi connectivity index (χ1v) is 5.98. The lowest BCUT2D eigenvalue weighted by Crippen LogP contribution is -2.33. The molecule has 0 amide bonds. The van der Waals surface area contributed by atoms with Gasteiger partial charge in [-0.15, -0.1) is 0 Å². The summed E-state index contributed by atoms with van der Waals surface area (Å²) in [7, 11) is -0.946. The largest absolute Gasteiger partial charge is 0.305 e.